The topological polar surface area (TPSA) is 53.4 Å². The molecule has 0 aromatic carbocycles. The second-order valence-electron chi connectivity index (χ2n) is 4.08. The van der Waals surface area contributed by atoms with Gasteiger partial charge in [0.05, 0.1) is 10.7 Å². The van der Waals surface area contributed by atoms with Crippen molar-refractivity contribution in [2.45, 2.75) is 32.9 Å². The third-order valence-electron chi connectivity index (χ3n) is 2.54. The molecule has 0 aliphatic carbocycles. The molecule has 0 bridgehead atoms. The number of nitrogens with zero attached hydrogens (tertiary/aromatic N) is 2. The van der Waals surface area contributed by atoms with Crippen LogP contribution in [0, 0.1) is 6.92 Å². The molecule has 0 spiro atoms. The normalized spacial score (nSPS) is 12.1. The van der Waals surface area contributed by atoms with Crippen LogP contribution in [0.15, 0.2) is 5.38 Å². The predicted octanol–water partition coefficient (Wildman–Crippen LogP) is 1.75. The highest BCUT2D eigenvalue weighted by atomic mass is 32.1. The van der Waals surface area contributed by atoms with Gasteiger partial charge in [-0.25, -0.2) is 4.98 Å². The SMILES string of the molecule is Cc1nc(CN(C)C(C)(C)C(=O)O)cs1. The summed E-state index contributed by atoms with van der Waals surface area (Å²) in [5.74, 6) is -0.822. The van der Waals surface area contributed by atoms with E-state index < -0.39 is 11.5 Å². The summed E-state index contributed by atoms with van der Waals surface area (Å²) < 4.78 is 0. The minimum Gasteiger partial charge on any atom is -0.480 e. The van der Waals surface area contributed by atoms with Gasteiger partial charge in [0.25, 0.3) is 0 Å². The van der Waals surface area contributed by atoms with E-state index >= 15 is 0 Å². The van der Waals surface area contributed by atoms with Crippen LogP contribution >= 0.6 is 11.3 Å². The molecule has 0 atom stereocenters. The van der Waals surface area contributed by atoms with Crippen LogP contribution in [-0.4, -0.2) is 33.5 Å². The van der Waals surface area contributed by atoms with Crippen LogP contribution in [0.2, 0.25) is 0 Å². The van der Waals surface area contributed by atoms with Crippen molar-refractivity contribution >= 4 is 17.3 Å². The van der Waals surface area contributed by atoms with Gasteiger partial charge in [-0.2, -0.15) is 0 Å². The molecule has 84 valence electrons. The average Bonchev–Trinajstić information content (AvgIpc) is 2.50. The molecule has 4 nitrogen and oxygen atoms in total. The summed E-state index contributed by atoms with van der Waals surface area (Å²) in [6.45, 7) is 5.88. The molecule has 0 aliphatic heterocycles. The summed E-state index contributed by atoms with van der Waals surface area (Å²) in [7, 11) is 1.79. The molecule has 1 rings (SSSR count). The van der Waals surface area contributed by atoms with Gasteiger partial charge in [-0.15, -0.1) is 11.3 Å². The highest BCUT2D eigenvalue weighted by molar-refractivity contribution is 7.09. The molecule has 0 unspecified atom stereocenters. The molecule has 1 N–H and O–H groups in total. The van der Waals surface area contributed by atoms with E-state index in [1.807, 2.05) is 12.3 Å². The molecule has 5 heteroatoms. The average molecular weight is 228 g/mol. The largest absolute Gasteiger partial charge is 0.480 e. The minimum atomic E-state index is -0.864. The lowest BCUT2D eigenvalue weighted by molar-refractivity contribution is -0.148. The smallest absolute Gasteiger partial charge is 0.323 e. The van der Waals surface area contributed by atoms with Crippen molar-refractivity contribution < 1.29 is 9.90 Å². The molecule has 1 aromatic rings. The van der Waals surface area contributed by atoms with Crippen LogP contribution in [-0.2, 0) is 11.3 Å². The van der Waals surface area contributed by atoms with Crippen LogP contribution in [0.25, 0.3) is 0 Å². The maximum Gasteiger partial charge on any atom is 0.323 e. The maximum atomic E-state index is 11.0. The summed E-state index contributed by atoms with van der Waals surface area (Å²) in [5, 5.41) is 12.0. The number of thiazole rings is 1. The monoisotopic (exact) mass is 228 g/mol. The van der Waals surface area contributed by atoms with E-state index in [2.05, 4.69) is 4.98 Å². The Morgan fingerprint density at radius 2 is 2.27 bits per heavy atom. The standard InChI is InChI=1S/C10H16N2O2S/c1-7-11-8(6-15-7)5-12(4)10(2,3)9(13)14/h6H,5H2,1-4H3,(H,13,14). The van der Waals surface area contributed by atoms with E-state index in [0.717, 1.165) is 10.7 Å². The molecule has 0 saturated carbocycles. The van der Waals surface area contributed by atoms with Gasteiger partial charge in [0.15, 0.2) is 0 Å². The van der Waals surface area contributed by atoms with Gasteiger partial charge in [0.1, 0.15) is 5.54 Å². The number of rotatable bonds is 4. The zero-order valence-corrected chi connectivity index (χ0v) is 10.3. The summed E-state index contributed by atoms with van der Waals surface area (Å²) in [4.78, 5) is 17.1. The minimum absolute atomic E-state index is 0.559. The predicted molar refractivity (Wildman–Crippen MR) is 60.0 cm³/mol. The van der Waals surface area contributed by atoms with E-state index in [4.69, 9.17) is 5.11 Å². The van der Waals surface area contributed by atoms with Crippen LogP contribution in [0.4, 0.5) is 0 Å². The fraction of sp³-hybridized carbons (Fsp3) is 0.600. The third kappa shape index (κ3) is 2.76. The number of aliphatic carboxylic acids is 1. The number of carboxylic acids is 1. The molecule has 1 heterocycles. The molecular weight excluding hydrogens is 212 g/mol. The molecule has 0 saturated heterocycles. The van der Waals surface area contributed by atoms with E-state index in [1.165, 1.54) is 0 Å². The fourth-order valence-electron chi connectivity index (χ4n) is 1.08. The summed E-state index contributed by atoms with van der Waals surface area (Å²) in [6.07, 6.45) is 0. The van der Waals surface area contributed by atoms with Crippen molar-refractivity contribution in [3.05, 3.63) is 16.1 Å². The number of aromatic nitrogens is 1. The Bertz CT molecular complexity index is 360. The van der Waals surface area contributed by atoms with E-state index in [1.54, 1.807) is 37.1 Å². The van der Waals surface area contributed by atoms with Gasteiger partial charge in [-0.05, 0) is 27.8 Å². The number of likely N-dealkylation sites (N-methyl/N-ethyl adjacent to an activating group) is 1. The first-order chi connectivity index (χ1) is 6.84. The molecule has 0 fully saturated rings. The molecule has 1 aromatic heterocycles. The lowest BCUT2D eigenvalue weighted by Crippen LogP contribution is -2.47. The lowest BCUT2D eigenvalue weighted by atomic mass is 10.0. The first-order valence-electron chi connectivity index (χ1n) is 4.69. The van der Waals surface area contributed by atoms with Gasteiger partial charge in [0, 0.05) is 11.9 Å². The second-order valence-corrected chi connectivity index (χ2v) is 5.14. The van der Waals surface area contributed by atoms with E-state index in [9.17, 15) is 4.79 Å². The Balaban J connectivity index is 2.71. The summed E-state index contributed by atoms with van der Waals surface area (Å²) in [5.41, 5.74) is 0.0617. The van der Waals surface area contributed by atoms with Crippen molar-refractivity contribution in [3.63, 3.8) is 0 Å². The van der Waals surface area contributed by atoms with Crippen molar-refractivity contribution in [2.75, 3.05) is 7.05 Å². The Morgan fingerprint density at radius 1 is 1.67 bits per heavy atom. The Labute approximate surface area is 93.6 Å². The molecule has 0 radical (unpaired) electrons. The van der Waals surface area contributed by atoms with Crippen LogP contribution in [0.5, 0.6) is 0 Å². The first kappa shape index (κ1) is 12.1. The third-order valence-corrected chi connectivity index (χ3v) is 3.37. The zero-order valence-electron chi connectivity index (χ0n) is 9.44. The Kier molecular flexibility index (Phi) is 3.46. The Hall–Kier alpha value is -0.940. The van der Waals surface area contributed by atoms with E-state index in [-0.39, 0.29) is 0 Å². The first-order valence-corrected chi connectivity index (χ1v) is 5.57. The van der Waals surface area contributed by atoms with Crippen LogP contribution < -0.4 is 0 Å². The van der Waals surface area contributed by atoms with Crippen LogP contribution in [0.1, 0.15) is 24.5 Å². The molecule has 15 heavy (non-hydrogen) atoms. The van der Waals surface area contributed by atoms with Crippen LogP contribution in [0.3, 0.4) is 0 Å². The van der Waals surface area contributed by atoms with E-state index in [0.29, 0.717) is 6.54 Å². The number of hydrogen-bond acceptors (Lipinski definition) is 4. The van der Waals surface area contributed by atoms with Gasteiger partial charge < -0.3 is 5.11 Å². The molecule has 0 aliphatic rings. The second kappa shape index (κ2) is 4.28. The van der Waals surface area contributed by atoms with Gasteiger partial charge in [0.2, 0.25) is 0 Å². The quantitative estimate of drug-likeness (QED) is 0.853. The lowest BCUT2D eigenvalue weighted by Gasteiger charge is -2.30. The number of carbonyl (C=O) groups is 1. The molecule has 0 amide bonds. The number of aryl methyl sites for hydroxylation is 1. The fourth-order valence-corrected chi connectivity index (χ4v) is 1.69. The summed E-state index contributed by atoms with van der Waals surface area (Å²) >= 11 is 1.58. The van der Waals surface area contributed by atoms with Crippen molar-refractivity contribution in [1.82, 2.24) is 9.88 Å². The maximum absolute atomic E-state index is 11.0. The van der Waals surface area contributed by atoms with Crippen molar-refractivity contribution in [3.8, 4) is 0 Å². The summed E-state index contributed by atoms with van der Waals surface area (Å²) in [6, 6.07) is 0. The van der Waals surface area contributed by atoms with Crippen molar-refractivity contribution in [2.24, 2.45) is 0 Å². The van der Waals surface area contributed by atoms with Crippen molar-refractivity contribution in [1.29, 1.82) is 0 Å². The number of carboxylic acid groups (broad SMARTS) is 1. The number of hydrogen-bond donors (Lipinski definition) is 1. The highest BCUT2D eigenvalue weighted by Gasteiger charge is 2.32. The zero-order chi connectivity index (χ0) is 11.6. The highest BCUT2D eigenvalue weighted by Crippen LogP contribution is 2.17. The van der Waals surface area contributed by atoms with Gasteiger partial charge in [-0.1, -0.05) is 0 Å². The Morgan fingerprint density at radius 3 is 2.67 bits per heavy atom. The molecular formula is C10H16N2O2S. The van der Waals surface area contributed by atoms with Gasteiger partial charge in [-0.3, -0.25) is 9.69 Å². The van der Waals surface area contributed by atoms with Gasteiger partial charge >= 0.3 is 5.97 Å².